The van der Waals surface area contributed by atoms with Gasteiger partial charge in [-0.15, -0.1) is 0 Å². The molecule has 2 rings (SSSR count). The Hall–Kier alpha value is 0.180. The Bertz CT molecular complexity index is 408. The first kappa shape index (κ1) is 16.5. The van der Waals surface area contributed by atoms with Crippen LogP contribution in [0.5, 0.6) is 0 Å². The molecule has 0 heterocycles. The highest BCUT2D eigenvalue weighted by molar-refractivity contribution is 9.10. The zero-order chi connectivity index (χ0) is 14.8. The Kier molecular flexibility index (Phi) is 5.76. The number of rotatable bonds is 3. The highest BCUT2D eigenvalue weighted by Crippen LogP contribution is 2.42. The molecule has 0 amide bonds. The topological polar surface area (TPSA) is 0 Å². The molecule has 0 N–H and O–H groups in total. The third-order valence-corrected chi connectivity index (χ3v) is 6.45. The second-order valence-electron chi connectivity index (χ2n) is 7.32. The summed E-state index contributed by atoms with van der Waals surface area (Å²) in [5, 5.41) is 0. The van der Waals surface area contributed by atoms with Crippen molar-refractivity contribution in [2.24, 2.45) is 17.3 Å². The molecule has 0 aliphatic heterocycles. The van der Waals surface area contributed by atoms with E-state index >= 15 is 0 Å². The summed E-state index contributed by atoms with van der Waals surface area (Å²) in [6, 6.07) is 8.76. The van der Waals surface area contributed by atoms with Gasteiger partial charge in [-0.25, -0.2) is 0 Å². The normalized spacial score (nSPS) is 25.4. The fraction of sp³-hybridized carbons (Fsp3) is 0.667. The summed E-state index contributed by atoms with van der Waals surface area (Å²) in [5.41, 5.74) is 1.92. The van der Waals surface area contributed by atoms with Crippen LogP contribution in [-0.2, 0) is 6.42 Å². The van der Waals surface area contributed by atoms with E-state index in [1.807, 2.05) is 0 Å². The predicted molar refractivity (Wildman–Crippen MR) is 95.5 cm³/mol. The van der Waals surface area contributed by atoms with Crippen LogP contribution in [0.15, 0.2) is 28.7 Å². The number of hydrogen-bond donors (Lipinski definition) is 0. The lowest BCUT2D eigenvalue weighted by molar-refractivity contribution is 0.149. The van der Waals surface area contributed by atoms with Gasteiger partial charge in [-0.2, -0.15) is 0 Å². The molecule has 0 nitrogen and oxygen atoms in total. The SMILES string of the molecule is CC(C)(C)C1CCC(C(Br)Cc2ccc(Br)cc2)CC1. The van der Waals surface area contributed by atoms with Gasteiger partial charge in [0.2, 0.25) is 0 Å². The molecule has 1 atom stereocenters. The van der Waals surface area contributed by atoms with Crippen molar-refractivity contribution in [1.29, 1.82) is 0 Å². The lowest BCUT2D eigenvalue weighted by Gasteiger charge is -2.38. The molecule has 0 spiro atoms. The minimum Gasteiger partial charge on any atom is -0.0884 e. The van der Waals surface area contributed by atoms with E-state index in [4.69, 9.17) is 0 Å². The van der Waals surface area contributed by atoms with Crippen molar-refractivity contribution in [3.8, 4) is 0 Å². The maximum atomic E-state index is 3.95. The largest absolute Gasteiger partial charge is 0.0884 e. The van der Waals surface area contributed by atoms with E-state index in [0.717, 1.165) is 22.7 Å². The molecule has 1 unspecified atom stereocenters. The predicted octanol–water partition coefficient (Wildman–Crippen LogP) is 6.61. The first-order chi connectivity index (χ1) is 9.36. The van der Waals surface area contributed by atoms with E-state index in [9.17, 15) is 0 Å². The van der Waals surface area contributed by atoms with E-state index in [2.05, 4.69) is 76.9 Å². The van der Waals surface area contributed by atoms with Gasteiger partial charge < -0.3 is 0 Å². The second-order valence-corrected chi connectivity index (χ2v) is 9.42. The summed E-state index contributed by atoms with van der Waals surface area (Å²) in [6.45, 7) is 7.18. The smallest absolute Gasteiger partial charge is 0.0214 e. The van der Waals surface area contributed by atoms with Gasteiger partial charge >= 0.3 is 0 Å². The summed E-state index contributed by atoms with van der Waals surface area (Å²) >= 11 is 7.45. The first-order valence-electron chi connectivity index (χ1n) is 7.75. The van der Waals surface area contributed by atoms with Crippen molar-refractivity contribution in [2.45, 2.75) is 57.7 Å². The van der Waals surface area contributed by atoms with Crippen molar-refractivity contribution in [2.75, 3.05) is 0 Å². The van der Waals surface area contributed by atoms with Crippen molar-refractivity contribution in [3.05, 3.63) is 34.3 Å². The molecule has 1 fully saturated rings. The van der Waals surface area contributed by atoms with Gasteiger partial charge in [0.25, 0.3) is 0 Å². The third kappa shape index (κ3) is 4.59. The van der Waals surface area contributed by atoms with Crippen LogP contribution in [0.2, 0.25) is 0 Å². The fourth-order valence-electron chi connectivity index (χ4n) is 3.36. The lowest BCUT2D eigenvalue weighted by atomic mass is 9.69. The van der Waals surface area contributed by atoms with Gasteiger partial charge in [0.15, 0.2) is 0 Å². The Morgan fingerprint density at radius 1 is 1.05 bits per heavy atom. The van der Waals surface area contributed by atoms with E-state index in [0.29, 0.717) is 10.2 Å². The molecular formula is C18H26Br2. The van der Waals surface area contributed by atoms with Crippen LogP contribution in [0.4, 0.5) is 0 Å². The van der Waals surface area contributed by atoms with Crippen molar-refractivity contribution in [1.82, 2.24) is 0 Å². The third-order valence-electron chi connectivity index (χ3n) is 4.85. The molecular weight excluding hydrogens is 376 g/mol. The molecule has 0 aromatic heterocycles. The van der Waals surface area contributed by atoms with Gasteiger partial charge in [0.1, 0.15) is 0 Å². The van der Waals surface area contributed by atoms with Crippen LogP contribution >= 0.6 is 31.9 Å². The van der Waals surface area contributed by atoms with Gasteiger partial charge in [-0.3, -0.25) is 0 Å². The van der Waals surface area contributed by atoms with Crippen molar-refractivity contribution in [3.63, 3.8) is 0 Å². The molecule has 1 aliphatic rings. The monoisotopic (exact) mass is 400 g/mol. The number of alkyl halides is 1. The molecule has 2 heteroatoms. The van der Waals surface area contributed by atoms with E-state index in [1.54, 1.807) is 0 Å². The zero-order valence-corrected chi connectivity index (χ0v) is 16.0. The van der Waals surface area contributed by atoms with E-state index in [1.165, 1.54) is 31.2 Å². The standard InChI is InChI=1S/C18H26Br2/c1-18(2,3)15-8-6-14(7-9-15)17(20)12-13-4-10-16(19)11-5-13/h4-5,10-11,14-15,17H,6-9,12H2,1-3H3. The average molecular weight is 402 g/mol. The maximum absolute atomic E-state index is 3.95. The number of benzene rings is 1. The molecule has 1 aromatic rings. The summed E-state index contributed by atoms with van der Waals surface area (Å²) in [7, 11) is 0. The molecule has 1 aromatic carbocycles. The highest BCUT2D eigenvalue weighted by Gasteiger charge is 2.32. The summed E-state index contributed by atoms with van der Waals surface area (Å²) in [6.07, 6.45) is 6.72. The zero-order valence-electron chi connectivity index (χ0n) is 12.8. The lowest BCUT2D eigenvalue weighted by Crippen LogP contribution is -2.29. The van der Waals surface area contributed by atoms with Crippen LogP contribution in [-0.4, -0.2) is 4.83 Å². The minimum absolute atomic E-state index is 0.485. The van der Waals surface area contributed by atoms with Crippen LogP contribution < -0.4 is 0 Å². The fourth-order valence-corrected chi connectivity index (χ4v) is 4.53. The van der Waals surface area contributed by atoms with Crippen molar-refractivity contribution < 1.29 is 0 Å². The Labute approximate surface area is 141 Å². The summed E-state index contributed by atoms with van der Waals surface area (Å²) in [4.78, 5) is 0.629. The van der Waals surface area contributed by atoms with Gasteiger partial charge in [-0.05, 0) is 67.1 Å². The maximum Gasteiger partial charge on any atom is 0.0214 e. The quantitative estimate of drug-likeness (QED) is 0.500. The number of hydrogen-bond acceptors (Lipinski definition) is 0. The van der Waals surface area contributed by atoms with Crippen molar-refractivity contribution >= 4 is 31.9 Å². The average Bonchev–Trinajstić information content (AvgIpc) is 2.40. The van der Waals surface area contributed by atoms with Crippen LogP contribution in [0.25, 0.3) is 0 Å². The summed E-state index contributed by atoms with van der Waals surface area (Å²) in [5.74, 6) is 1.75. The molecule has 0 radical (unpaired) electrons. The van der Waals surface area contributed by atoms with Gasteiger partial charge in [-0.1, -0.05) is 64.8 Å². The molecule has 0 saturated heterocycles. The Morgan fingerprint density at radius 2 is 1.60 bits per heavy atom. The second kappa shape index (κ2) is 6.96. The number of halogens is 2. The highest BCUT2D eigenvalue weighted by atomic mass is 79.9. The summed E-state index contributed by atoms with van der Waals surface area (Å²) < 4.78 is 1.16. The Morgan fingerprint density at radius 3 is 2.10 bits per heavy atom. The molecule has 1 saturated carbocycles. The van der Waals surface area contributed by atoms with Crippen LogP contribution in [0, 0.1) is 17.3 Å². The Balaban J connectivity index is 1.85. The van der Waals surface area contributed by atoms with Gasteiger partial charge in [0.05, 0.1) is 0 Å². The molecule has 1 aliphatic carbocycles. The van der Waals surface area contributed by atoms with Gasteiger partial charge in [0, 0.05) is 9.30 Å². The van der Waals surface area contributed by atoms with Crippen LogP contribution in [0.3, 0.4) is 0 Å². The van der Waals surface area contributed by atoms with Crippen LogP contribution in [0.1, 0.15) is 52.0 Å². The molecule has 112 valence electrons. The van der Waals surface area contributed by atoms with E-state index < -0.39 is 0 Å². The minimum atomic E-state index is 0.485. The van der Waals surface area contributed by atoms with E-state index in [-0.39, 0.29) is 0 Å². The molecule has 0 bridgehead atoms. The first-order valence-corrected chi connectivity index (χ1v) is 9.45. The molecule has 20 heavy (non-hydrogen) atoms.